The van der Waals surface area contributed by atoms with Crippen molar-refractivity contribution in [2.75, 3.05) is 26.4 Å². The second kappa shape index (κ2) is 13.0. The number of rotatable bonds is 11. The Labute approximate surface area is 245 Å². The summed E-state index contributed by atoms with van der Waals surface area (Å²) in [7, 11) is 0. The van der Waals surface area contributed by atoms with Crippen LogP contribution in [0.25, 0.3) is 32.6 Å². The zero-order valence-corrected chi connectivity index (χ0v) is 24.2. The minimum Gasteiger partial charge on any atom is -0.490 e. The van der Waals surface area contributed by atoms with Crippen molar-refractivity contribution >= 4 is 27.5 Å². The summed E-state index contributed by atoms with van der Waals surface area (Å²) in [6.07, 6.45) is 0.0626. The number of fused-ring (bicyclic) bond motifs is 1. The SMILES string of the molecule is CC(C)(C)OC(=O)NCCOCCOc1cc(F)ccc1-c1nnc(-c2ccc(Cc3nn[nH]n3)cc2)c2ccsc12. The molecule has 3 heterocycles. The van der Waals surface area contributed by atoms with E-state index in [4.69, 9.17) is 14.2 Å². The Kier molecular flexibility index (Phi) is 8.98. The predicted octanol–water partition coefficient (Wildman–Crippen LogP) is 5.19. The van der Waals surface area contributed by atoms with Gasteiger partial charge in [-0.2, -0.15) is 5.21 Å². The van der Waals surface area contributed by atoms with Gasteiger partial charge in [-0.05, 0) is 49.9 Å². The van der Waals surface area contributed by atoms with Gasteiger partial charge in [0.05, 0.1) is 17.9 Å². The minimum absolute atomic E-state index is 0.179. The molecule has 3 aromatic heterocycles. The molecule has 0 saturated heterocycles. The molecule has 0 fully saturated rings. The summed E-state index contributed by atoms with van der Waals surface area (Å²) in [6.45, 7) is 6.38. The van der Waals surface area contributed by atoms with Gasteiger partial charge in [0.2, 0.25) is 0 Å². The summed E-state index contributed by atoms with van der Waals surface area (Å²) in [4.78, 5) is 11.7. The van der Waals surface area contributed by atoms with Crippen LogP contribution in [0.15, 0.2) is 53.9 Å². The standard InChI is InChI=1S/C29H30FN7O4S/c1-29(2,3)41-28(38)31-11-12-39-13-14-40-23-17-20(30)8-9-21(23)26-27-22(10-15-42-27)25(34-35-26)19-6-4-18(5-7-19)16-24-32-36-37-33-24/h4-10,15,17H,11-14,16H2,1-3H3,(H,31,38)(H,32,33,36,37). The number of hydrogen-bond donors (Lipinski definition) is 2. The van der Waals surface area contributed by atoms with Crippen LogP contribution >= 0.6 is 11.3 Å². The number of ether oxygens (including phenoxy) is 3. The number of hydrogen-bond acceptors (Lipinski definition) is 10. The molecular formula is C29H30FN7O4S. The third kappa shape index (κ3) is 7.42. The lowest BCUT2D eigenvalue weighted by Gasteiger charge is -2.19. The third-order valence-corrected chi connectivity index (χ3v) is 6.88. The molecule has 218 valence electrons. The Hall–Kier alpha value is -4.49. The largest absolute Gasteiger partial charge is 0.490 e. The highest BCUT2D eigenvalue weighted by Crippen LogP contribution is 2.39. The van der Waals surface area contributed by atoms with Crippen molar-refractivity contribution in [3.05, 3.63) is 71.1 Å². The smallest absolute Gasteiger partial charge is 0.407 e. The highest BCUT2D eigenvalue weighted by Gasteiger charge is 2.18. The fraction of sp³-hybridized carbons (Fsp3) is 0.310. The van der Waals surface area contributed by atoms with E-state index in [1.54, 1.807) is 26.8 Å². The van der Waals surface area contributed by atoms with Gasteiger partial charge in [-0.15, -0.1) is 31.7 Å². The number of benzene rings is 2. The van der Waals surface area contributed by atoms with Gasteiger partial charge in [-0.3, -0.25) is 0 Å². The molecule has 42 heavy (non-hydrogen) atoms. The maximum absolute atomic E-state index is 14.2. The Balaban J connectivity index is 1.25. The number of halogens is 1. The fourth-order valence-corrected chi connectivity index (χ4v) is 5.05. The first kappa shape index (κ1) is 29.0. The monoisotopic (exact) mass is 591 g/mol. The van der Waals surface area contributed by atoms with E-state index in [-0.39, 0.29) is 19.8 Å². The topological polar surface area (TPSA) is 137 Å². The Morgan fingerprint density at radius 1 is 1.00 bits per heavy atom. The van der Waals surface area contributed by atoms with Gasteiger partial charge in [0, 0.05) is 35.5 Å². The number of tetrazole rings is 1. The van der Waals surface area contributed by atoms with Gasteiger partial charge in [-0.1, -0.05) is 29.5 Å². The van der Waals surface area contributed by atoms with Crippen LogP contribution in [0.2, 0.25) is 0 Å². The molecule has 0 spiro atoms. The lowest BCUT2D eigenvalue weighted by atomic mass is 10.0. The lowest BCUT2D eigenvalue weighted by molar-refractivity contribution is 0.0489. The summed E-state index contributed by atoms with van der Waals surface area (Å²) in [6, 6.07) is 14.3. The van der Waals surface area contributed by atoms with Crippen LogP contribution in [0, 0.1) is 5.82 Å². The van der Waals surface area contributed by atoms with Crippen LogP contribution < -0.4 is 10.1 Å². The van der Waals surface area contributed by atoms with Gasteiger partial charge in [0.25, 0.3) is 0 Å². The average molecular weight is 592 g/mol. The number of thiophene rings is 1. The van der Waals surface area contributed by atoms with Crippen molar-refractivity contribution in [2.24, 2.45) is 0 Å². The van der Waals surface area contributed by atoms with Gasteiger partial charge in [0.15, 0.2) is 5.82 Å². The molecule has 0 aliphatic heterocycles. The van der Waals surface area contributed by atoms with E-state index < -0.39 is 17.5 Å². The van der Waals surface area contributed by atoms with Crippen LogP contribution in [0.5, 0.6) is 5.75 Å². The first-order chi connectivity index (χ1) is 20.3. The maximum atomic E-state index is 14.2. The molecule has 0 aliphatic rings. The van der Waals surface area contributed by atoms with Gasteiger partial charge >= 0.3 is 6.09 Å². The van der Waals surface area contributed by atoms with Gasteiger partial charge < -0.3 is 19.5 Å². The molecule has 0 atom stereocenters. The number of carbonyl (C=O) groups is 1. The molecule has 0 unspecified atom stereocenters. The highest BCUT2D eigenvalue weighted by molar-refractivity contribution is 7.17. The lowest BCUT2D eigenvalue weighted by Crippen LogP contribution is -2.34. The zero-order valence-electron chi connectivity index (χ0n) is 23.4. The van der Waals surface area contributed by atoms with Crippen molar-refractivity contribution < 1.29 is 23.4 Å². The second-order valence-corrected chi connectivity index (χ2v) is 11.2. The van der Waals surface area contributed by atoms with Crippen LogP contribution in [0.3, 0.4) is 0 Å². The van der Waals surface area contributed by atoms with Crippen molar-refractivity contribution in [3.63, 3.8) is 0 Å². The molecule has 2 N–H and O–H groups in total. The number of aromatic amines is 1. The van der Waals surface area contributed by atoms with Crippen molar-refractivity contribution in [3.8, 4) is 28.3 Å². The van der Waals surface area contributed by atoms with Crippen LogP contribution in [0.1, 0.15) is 32.2 Å². The third-order valence-electron chi connectivity index (χ3n) is 5.96. The Morgan fingerprint density at radius 3 is 2.57 bits per heavy atom. The molecule has 11 nitrogen and oxygen atoms in total. The molecular weight excluding hydrogens is 561 g/mol. The number of nitrogens with zero attached hydrogens (tertiary/aromatic N) is 5. The van der Waals surface area contributed by atoms with Gasteiger partial charge in [-0.25, -0.2) is 9.18 Å². The highest BCUT2D eigenvalue weighted by atomic mass is 32.1. The van der Waals surface area contributed by atoms with E-state index in [1.807, 2.05) is 35.7 Å². The van der Waals surface area contributed by atoms with Crippen molar-refractivity contribution in [2.45, 2.75) is 32.8 Å². The van der Waals surface area contributed by atoms with E-state index in [0.717, 1.165) is 26.9 Å². The number of aromatic nitrogens is 6. The first-order valence-electron chi connectivity index (χ1n) is 13.3. The zero-order chi connectivity index (χ0) is 29.5. The molecule has 5 aromatic rings. The number of nitrogens with one attached hydrogen (secondary N) is 2. The molecule has 0 aliphatic carbocycles. The Bertz CT molecular complexity index is 1640. The predicted molar refractivity (Wildman–Crippen MR) is 156 cm³/mol. The van der Waals surface area contributed by atoms with E-state index in [0.29, 0.717) is 35.8 Å². The maximum Gasteiger partial charge on any atom is 0.407 e. The number of amides is 1. The number of carbonyl (C=O) groups excluding carboxylic acids is 1. The van der Waals surface area contributed by atoms with E-state index in [2.05, 4.69) is 36.1 Å². The summed E-state index contributed by atoms with van der Waals surface area (Å²) in [5, 5.41) is 28.7. The molecule has 0 radical (unpaired) electrons. The molecule has 2 aromatic carbocycles. The summed E-state index contributed by atoms with van der Waals surface area (Å²) >= 11 is 1.53. The van der Waals surface area contributed by atoms with Crippen LogP contribution in [-0.2, 0) is 15.9 Å². The second-order valence-electron chi connectivity index (χ2n) is 10.3. The number of alkyl carbamates (subject to hydrolysis) is 1. The van der Waals surface area contributed by atoms with Crippen LogP contribution in [-0.4, -0.2) is 68.9 Å². The van der Waals surface area contributed by atoms with E-state index in [9.17, 15) is 9.18 Å². The molecule has 13 heteroatoms. The minimum atomic E-state index is -0.566. The van der Waals surface area contributed by atoms with Crippen molar-refractivity contribution in [1.82, 2.24) is 36.1 Å². The molecule has 5 rings (SSSR count). The summed E-state index contributed by atoms with van der Waals surface area (Å²) in [5.41, 5.74) is 3.38. The van der Waals surface area contributed by atoms with Gasteiger partial charge in [0.1, 0.15) is 35.2 Å². The quantitative estimate of drug-likeness (QED) is 0.199. The van der Waals surface area contributed by atoms with E-state index >= 15 is 0 Å². The number of H-pyrrole nitrogens is 1. The average Bonchev–Trinajstić information content (AvgIpc) is 3.65. The summed E-state index contributed by atoms with van der Waals surface area (Å²) in [5.74, 6) is 0.531. The van der Waals surface area contributed by atoms with Crippen LogP contribution in [0.4, 0.5) is 9.18 Å². The molecule has 1 amide bonds. The molecule has 0 saturated carbocycles. The van der Waals surface area contributed by atoms with E-state index in [1.165, 1.54) is 23.5 Å². The summed E-state index contributed by atoms with van der Waals surface area (Å²) < 4.78 is 31.8. The molecule has 0 bridgehead atoms. The normalized spacial score (nSPS) is 11.5. The fourth-order valence-electron chi connectivity index (χ4n) is 4.15. The first-order valence-corrected chi connectivity index (χ1v) is 14.2. The Morgan fingerprint density at radius 2 is 1.81 bits per heavy atom. The van der Waals surface area contributed by atoms with Crippen molar-refractivity contribution in [1.29, 1.82) is 0 Å².